The van der Waals surface area contributed by atoms with Crippen LogP contribution in [0.5, 0.6) is 0 Å². The van der Waals surface area contributed by atoms with Crippen LogP contribution in [0.25, 0.3) is 6.08 Å². The molecule has 2 aromatic carbocycles. The van der Waals surface area contributed by atoms with Crippen molar-refractivity contribution in [3.8, 4) is 0 Å². The van der Waals surface area contributed by atoms with Gasteiger partial charge in [0.25, 0.3) is 5.91 Å². The Balaban J connectivity index is 1.70. The van der Waals surface area contributed by atoms with Gasteiger partial charge < -0.3 is 5.32 Å². The molecule has 1 heterocycles. The summed E-state index contributed by atoms with van der Waals surface area (Å²) >= 11 is 9.87. The Bertz CT molecular complexity index is 868. The highest BCUT2D eigenvalue weighted by molar-refractivity contribution is 9.10. The van der Waals surface area contributed by atoms with Gasteiger partial charge in [-0.25, -0.2) is 0 Å². The summed E-state index contributed by atoms with van der Waals surface area (Å²) in [4.78, 5) is 26.6. The maximum atomic E-state index is 12.6. The van der Waals surface area contributed by atoms with Gasteiger partial charge in [0.1, 0.15) is 10.9 Å². The maximum Gasteiger partial charge on any atom is 0.266 e. The summed E-state index contributed by atoms with van der Waals surface area (Å²) in [6.07, 6.45) is 1.78. The molecule has 25 heavy (non-hydrogen) atoms. The van der Waals surface area contributed by atoms with Crippen LogP contribution in [0.15, 0.2) is 64.0 Å². The molecule has 0 aromatic heterocycles. The van der Waals surface area contributed by atoms with Crippen LogP contribution in [-0.2, 0) is 9.59 Å². The van der Waals surface area contributed by atoms with Crippen molar-refractivity contribution in [1.82, 2.24) is 4.90 Å². The Kier molecular flexibility index (Phi) is 5.67. The van der Waals surface area contributed by atoms with Crippen LogP contribution < -0.4 is 5.32 Å². The highest BCUT2D eigenvalue weighted by atomic mass is 79.9. The zero-order valence-corrected chi connectivity index (χ0v) is 16.2. The van der Waals surface area contributed by atoms with Gasteiger partial charge >= 0.3 is 0 Å². The van der Waals surface area contributed by atoms with E-state index in [0.29, 0.717) is 14.9 Å². The molecule has 0 spiro atoms. The predicted octanol–water partition coefficient (Wildman–Crippen LogP) is 4.29. The number of carbonyl (C=O) groups is 2. The minimum atomic E-state index is -0.286. The number of para-hydroxylation sites is 1. The topological polar surface area (TPSA) is 49.4 Å². The SMILES string of the molecule is O=C(CN1C(=O)/C(=C/c2cccc(Br)c2)SC1=S)Nc1ccccc1. The van der Waals surface area contributed by atoms with Crippen LogP contribution in [0.2, 0.25) is 0 Å². The van der Waals surface area contributed by atoms with Crippen molar-refractivity contribution in [2.75, 3.05) is 11.9 Å². The third-order valence-corrected chi connectivity index (χ3v) is 5.25. The van der Waals surface area contributed by atoms with E-state index in [1.54, 1.807) is 18.2 Å². The van der Waals surface area contributed by atoms with Gasteiger partial charge in [-0.3, -0.25) is 14.5 Å². The third kappa shape index (κ3) is 4.56. The number of halogens is 1. The average Bonchev–Trinajstić information content (AvgIpc) is 2.83. The lowest BCUT2D eigenvalue weighted by Gasteiger charge is -2.14. The first-order valence-electron chi connectivity index (χ1n) is 7.39. The smallest absolute Gasteiger partial charge is 0.266 e. The summed E-state index contributed by atoms with van der Waals surface area (Å²) in [6.45, 7) is -0.102. The quantitative estimate of drug-likeness (QED) is 0.578. The minimum Gasteiger partial charge on any atom is -0.325 e. The van der Waals surface area contributed by atoms with Gasteiger partial charge in [-0.05, 0) is 35.9 Å². The van der Waals surface area contributed by atoms with Crippen molar-refractivity contribution >= 4 is 67.8 Å². The molecule has 0 atom stereocenters. The maximum absolute atomic E-state index is 12.6. The van der Waals surface area contributed by atoms with E-state index in [4.69, 9.17) is 12.2 Å². The lowest BCUT2D eigenvalue weighted by molar-refractivity contribution is -0.126. The Morgan fingerprint density at radius 1 is 1.20 bits per heavy atom. The summed E-state index contributed by atoms with van der Waals surface area (Å²) < 4.78 is 1.31. The summed E-state index contributed by atoms with van der Waals surface area (Å²) in [5.41, 5.74) is 1.58. The Labute approximate surface area is 163 Å². The highest BCUT2D eigenvalue weighted by Crippen LogP contribution is 2.32. The second kappa shape index (κ2) is 7.95. The number of hydrogen-bond donors (Lipinski definition) is 1. The van der Waals surface area contributed by atoms with Gasteiger partial charge in [-0.2, -0.15) is 0 Å². The van der Waals surface area contributed by atoms with E-state index in [1.807, 2.05) is 42.5 Å². The second-order valence-electron chi connectivity index (χ2n) is 5.24. The molecule has 7 heteroatoms. The van der Waals surface area contributed by atoms with Crippen molar-refractivity contribution in [3.05, 3.63) is 69.5 Å². The van der Waals surface area contributed by atoms with Gasteiger partial charge in [0.15, 0.2) is 0 Å². The first-order valence-corrected chi connectivity index (χ1v) is 9.40. The normalized spacial score (nSPS) is 15.7. The molecule has 126 valence electrons. The number of benzene rings is 2. The molecule has 2 aromatic rings. The zero-order chi connectivity index (χ0) is 17.8. The lowest BCUT2D eigenvalue weighted by atomic mass is 10.2. The monoisotopic (exact) mass is 432 g/mol. The molecule has 0 unspecified atom stereocenters. The number of nitrogens with zero attached hydrogens (tertiary/aromatic N) is 1. The van der Waals surface area contributed by atoms with Crippen molar-refractivity contribution in [2.45, 2.75) is 0 Å². The molecule has 3 rings (SSSR count). The molecule has 0 radical (unpaired) electrons. The Morgan fingerprint density at radius 2 is 1.96 bits per heavy atom. The molecule has 0 aliphatic carbocycles. The molecule has 2 amide bonds. The van der Waals surface area contributed by atoms with Crippen molar-refractivity contribution in [3.63, 3.8) is 0 Å². The summed E-state index contributed by atoms with van der Waals surface area (Å²) in [5.74, 6) is -0.538. The largest absolute Gasteiger partial charge is 0.325 e. The summed E-state index contributed by atoms with van der Waals surface area (Å²) in [7, 11) is 0. The lowest BCUT2D eigenvalue weighted by Crippen LogP contribution is -2.36. The molecular weight excluding hydrogens is 420 g/mol. The van der Waals surface area contributed by atoms with Crippen LogP contribution in [0.4, 0.5) is 5.69 Å². The summed E-state index contributed by atoms with van der Waals surface area (Å²) in [6, 6.07) is 16.7. The van der Waals surface area contributed by atoms with E-state index >= 15 is 0 Å². The molecule has 1 fully saturated rings. The molecule has 1 N–H and O–H groups in total. The van der Waals surface area contributed by atoms with Crippen molar-refractivity contribution < 1.29 is 9.59 Å². The second-order valence-corrected chi connectivity index (χ2v) is 7.83. The first-order chi connectivity index (χ1) is 12.0. The number of rotatable bonds is 4. The molecule has 0 bridgehead atoms. The van der Waals surface area contributed by atoms with Crippen LogP contribution >= 0.6 is 39.9 Å². The number of thiocarbonyl (C=S) groups is 1. The van der Waals surface area contributed by atoms with Crippen LogP contribution in [0, 0.1) is 0 Å². The van der Waals surface area contributed by atoms with E-state index in [1.165, 1.54) is 16.7 Å². The molecule has 1 saturated heterocycles. The third-order valence-electron chi connectivity index (χ3n) is 3.38. The number of thioether (sulfide) groups is 1. The fourth-order valence-electron chi connectivity index (χ4n) is 2.25. The molecule has 1 aliphatic rings. The van der Waals surface area contributed by atoms with Crippen molar-refractivity contribution in [2.24, 2.45) is 0 Å². The van der Waals surface area contributed by atoms with E-state index < -0.39 is 0 Å². The number of anilines is 1. The Hall–Kier alpha value is -1.96. The molecule has 1 aliphatic heterocycles. The first kappa shape index (κ1) is 17.8. The number of amides is 2. The predicted molar refractivity (Wildman–Crippen MR) is 109 cm³/mol. The standard InChI is InChI=1S/C18H13BrN2O2S2/c19-13-6-4-5-12(9-13)10-15-17(23)21(18(24)25-15)11-16(22)20-14-7-2-1-3-8-14/h1-10H,11H2,(H,20,22)/b15-10-. The Morgan fingerprint density at radius 3 is 2.68 bits per heavy atom. The van der Waals surface area contributed by atoms with E-state index in [2.05, 4.69) is 21.2 Å². The minimum absolute atomic E-state index is 0.102. The van der Waals surface area contributed by atoms with E-state index in [-0.39, 0.29) is 18.4 Å². The molecular formula is C18H13BrN2O2S2. The zero-order valence-electron chi connectivity index (χ0n) is 12.9. The van der Waals surface area contributed by atoms with Gasteiger partial charge in [-0.1, -0.05) is 70.2 Å². The van der Waals surface area contributed by atoms with Gasteiger partial charge in [0.2, 0.25) is 5.91 Å². The van der Waals surface area contributed by atoms with Gasteiger partial charge in [0, 0.05) is 10.2 Å². The van der Waals surface area contributed by atoms with Gasteiger partial charge in [0.05, 0.1) is 4.91 Å². The summed E-state index contributed by atoms with van der Waals surface area (Å²) in [5, 5.41) is 2.75. The fraction of sp³-hybridized carbons (Fsp3) is 0.0556. The van der Waals surface area contributed by atoms with Crippen LogP contribution in [0.1, 0.15) is 5.56 Å². The average molecular weight is 433 g/mol. The highest BCUT2D eigenvalue weighted by Gasteiger charge is 2.33. The van der Waals surface area contributed by atoms with Crippen LogP contribution in [0.3, 0.4) is 0 Å². The van der Waals surface area contributed by atoms with E-state index in [0.717, 1.165) is 10.0 Å². The number of nitrogens with one attached hydrogen (secondary N) is 1. The fourth-order valence-corrected chi connectivity index (χ4v) is 3.92. The van der Waals surface area contributed by atoms with Crippen molar-refractivity contribution in [1.29, 1.82) is 0 Å². The number of hydrogen-bond acceptors (Lipinski definition) is 4. The van der Waals surface area contributed by atoms with Gasteiger partial charge in [-0.15, -0.1) is 0 Å². The van der Waals surface area contributed by atoms with Crippen LogP contribution in [-0.4, -0.2) is 27.6 Å². The number of carbonyl (C=O) groups excluding carboxylic acids is 2. The van der Waals surface area contributed by atoms with E-state index in [9.17, 15) is 9.59 Å². The molecule has 0 saturated carbocycles. The molecule has 4 nitrogen and oxygen atoms in total.